The molecule has 0 unspecified atom stereocenters. The first-order chi connectivity index (χ1) is 8.16. The number of rotatable bonds is 3. The summed E-state index contributed by atoms with van der Waals surface area (Å²) in [7, 11) is 1.86. The summed E-state index contributed by atoms with van der Waals surface area (Å²) in [4.78, 5) is 13.8. The average Bonchev–Trinajstić information content (AvgIpc) is 2.82. The van der Waals surface area contributed by atoms with Crippen molar-refractivity contribution in [3.05, 3.63) is 12.4 Å². The van der Waals surface area contributed by atoms with Gasteiger partial charge in [-0.1, -0.05) is 5.21 Å². The van der Waals surface area contributed by atoms with Gasteiger partial charge in [0, 0.05) is 25.3 Å². The third kappa shape index (κ3) is 3.03. The molecule has 1 aliphatic rings. The number of nitrogens with zero attached hydrogens (tertiary/aromatic N) is 4. The Bertz CT molecular complexity index is 356. The molecule has 6 nitrogen and oxygen atoms in total. The summed E-state index contributed by atoms with van der Waals surface area (Å²) in [6, 6.07) is 0.635. The van der Waals surface area contributed by atoms with Crippen molar-refractivity contribution in [2.45, 2.75) is 44.3 Å². The molecular weight excluding hydrogens is 218 g/mol. The van der Waals surface area contributed by atoms with Crippen LogP contribution in [0.15, 0.2) is 12.4 Å². The highest BCUT2D eigenvalue weighted by molar-refractivity contribution is 5.75. The normalized spacial score (nSPS) is 24.6. The second-order valence-corrected chi connectivity index (χ2v) is 4.67. The molecule has 94 valence electrons. The van der Waals surface area contributed by atoms with E-state index in [-0.39, 0.29) is 12.5 Å². The van der Waals surface area contributed by atoms with Crippen LogP contribution >= 0.6 is 0 Å². The fourth-order valence-corrected chi connectivity index (χ4v) is 2.26. The van der Waals surface area contributed by atoms with Crippen LogP contribution in [-0.2, 0) is 11.3 Å². The van der Waals surface area contributed by atoms with Crippen molar-refractivity contribution in [3.63, 3.8) is 0 Å². The number of hydrogen-bond donors (Lipinski definition) is 1. The monoisotopic (exact) mass is 237 g/mol. The minimum absolute atomic E-state index is 0.0796. The quantitative estimate of drug-likeness (QED) is 0.803. The molecule has 1 aromatic heterocycles. The fraction of sp³-hybridized carbons (Fsp3) is 0.727. The Morgan fingerprint density at radius 2 is 2.18 bits per heavy atom. The highest BCUT2D eigenvalue weighted by Gasteiger charge is 2.24. The van der Waals surface area contributed by atoms with Crippen LogP contribution < -0.4 is 5.73 Å². The van der Waals surface area contributed by atoms with E-state index in [1.54, 1.807) is 17.1 Å². The maximum atomic E-state index is 12.0. The van der Waals surface area contributed by atoms with Gasteiger partial charge < -0.3 is 10.6 Å². The van der Waals surface area contributed by atoms with E-state index in [4.69, 9.17) is 5.73 Å². The maximum Gasteiger partial charge on any atom is 0.244 e. The Balaban J connectivity index is 1.86. The van der Waals surface area contributed by atoms with Crippen molar-refractivity contribution in [3.8, 4) is 0 Å². The number of carbonyl (C=O) groups excluding carboxylic acids is 1. The molecule has 6 heteroatoms. The minimum atomic E-state index is 0.0796. The topological polar surface area (TPSA) is 77.0 Å². The largest absolute Gasteiger partial charge is 0.341 e. The Labute approximate surface area is 101 Å². The summed E-state index contributed by atoms with van der Waals surface area (Å²) in [5.74, 6) is 0.0796. The number of hydrogen-bond acceptors (Lipinski definition) is 4. The molecule has 1 heterocycles. The van der Waals surface area contributed by atoms with Crippen LogP contribution in [0.25, 0.3) is 0 Å². The standard InChI is InChI=1S/C11H19N5O/c1-15(10-4-2-9(12)3-5-10)11(17)8-16-7-6-13-14-16/h6-7,9-10H,2-5,8,12H2,1H3. The summed E-state index contributed by atoms with van der Waals surface area (Å²) in [6.07, 6.45) is 7.29. The minimum Gasteiger partial charge on any atom is -0.341 e. The van der Waals surface area contributed by atoms with Gasteiger partial charge in [-0.05, 0) is 25.7 Å². The Hall–Kier alpha value is -1.43. The van der Waals surface area contributed by atoms with Crippen LogP contribution in [0, 0.1) is 0 Å². The van der Waals surface area contributed by atoms with Crippen LogP contribution in [0.5, 0.6) is 0 Å². The number of amides is 1. The average molecular weight is 237 g/mol. The maximum absolute atomic E-state index is 12.0. The van der Waals surface area contributed by atoms with Gasteiger partial charge in [0.1, 0.15) is 6.54 Å². The molecule has 0 saturated heterocycles. The molecule has 1 aliphatic carbocycles. The molecule has 0 aliphatic heterocycles. The van der Waals surface area contributed by atoms with Gasteiger partial charge in [-0.2, -0.15) is 0 Å². The van der Waals surface area contributed by atoms with Gasteiger partial charge in [0.05, 0.1) is 6.20 Å². The van der Waals surface area contributed by atoms with Crippen LogP contribution in [0.3, 0.4) is 0 Å². The molecule has 1 saturated carbocycles. The zero-order chi connectivity index (χ0) is 12.3. The number of nitrogens with two attached hydrogens (primary N) is 1. The molecule has 1 amide bonds. The van der Waals surface area contributed by atoms with Crippen molar-refractivity contribution in [1.29, 1.82) is 0 Å². The smallest absolute Gasteiger partial charge is 0.244 e. The first-order valence-electron chi connectivity index (χ1n) is 6.02. The van der Waals surface area contributed by atoms with Gasteiger partial charge in [-0.3, -0.25) is 4.79 Å². The lowest BCUT2D eigenvalue weighted by atomic mass is 9.91. The van der Waals surface area contributed by atoms with Crippen LogP contribution in [0.2, 0.25) is 0 Å². The van der Waals surface area contributed by atoms with E-state index in [2.05, 4.69) is 10.3 Å². The summed E-state index contributed by atoms with van der Waals surface area (Å²) >= 11 is 0. The highest BCUT2D eigenvalue weighted by atomic mass is 16.2. The summed E-state index contributed by atoms with van der Waals surface area (Å²) in [6.45, 7) is 0.263. The van der Waals surface area contributed by atoms with Gasteiger partial charge >= 0.3 is 0 Å². The SMILES string of the molecule is CN(C(=O)Cn1ccnn1)C1CCC(N)CC1. The molecule has 0 spiro atoms. The van der Waals surface area contributed by atoms with Gasteiger partial charge in [-0.25, -0.2) is 4.68 Å². The molecule has 0 atom stereocenters. The lowest BCUT2D eigenvalue weighted by Gasteiger charge is -2.33. The summed E-state index contributed by atoms with van der Waals surface area (Å²) in [5, 5.41) is 7.48. The number of likely N-dealkylation sites (N-methyl/N-ethyl adjacent to an activating group) is 1. The van der Waals surface area contributed by atoms with Crippen LogP contribution in [-0.4, -0.2) is 44.9 Å². The molecule has 2 N–H and O–H groups in total. The molecule has 1 fully saturated rings. The van der Waals surface area contributed by atoms with Crippen molar-refractivity contribution < 1.29 is 4.79 Å². The van der Waals surface area contributed by atoms with E-state index in [1.165, 1.54) is 0 Å². The first-order valence-corrected chi connectivity index (χ1v) is 6.02. The fourth-order valence-electron chi connectivity index (χ4n) is 2.26. The van der Waals surface area contributed by atoms with Gasteiger partial charge in [0.2, 0.25) is 5.91 Å². The zero-order valence-electron chi connectivity index (χ0n) is 10.1. The summed E-state index contributed by atoms with van der Waals surface area (Å²) < 4.78 is 1.55. The molecule has 0 bridgehead atoms. The molecule has 17 heavy (non-hydrogen) atoms. The molecule has 1 aromatic rings. The van der Waals surface area contributed by atoms with E-state index in [0.29, 0.717) is 12.1 Å². The van der Waals surface area contributed by atoms with E-state index < -0.39 is 0 Å². The zero-order valence-corrected chi connectivity index (χ0v) is 10.1. The predicted molar refractivity (Wildman–Crippen MR) is 63.0 cm³/mol. The predicted octanol–water partition coefficient (Wildman–Crippen LogP) is 0.00640. The van der Waals surface area contributed by atoms with Crippen molar-refractivity contribution >= 4 is 5.91 Å². The van der Waals surface area contributed by atoms with E-state index in [1.807, 2.05) is 11.9 Å². The van der Waals surface area contributed by atoms with Crippen LogP contribution in [0.4, 0.5) is 0 Å². The Morgan fingerprint density at radius 3 is 2.76 bits per heavy atom. The van der Waals surface area contributed by atoms with E-state index >= 15 is 0 Å². The molecular formula is C11H19N5O. The number of carbonyl (C=O) groups is 1. The Morgan fingerprint density at radius 1 is 1.47 bits per heavy atom. The van der Waals surface area contributed by atoms with Crippen molar-refractivity contribution in [1.82, 2.24) is 19.9 Å². The van der Waals surface area contributed by atoms with Gasteiger partial charge in [0.15, 0.2) is 0 Å². The molecule has 0 radical (unpaired) electrons. The van der Waals surface area contributed by atoms with Crippen molar-refractivity contribution in [2.75, 3.05) is 7.05 Å². The second-order valence-electron chi connectivity index (χ2n) is 4.67. The number of aromatic nitrogens is 3. The third-order valence-electron chi connectivity index (χ3n) is 3.45. The lowest BCUT2D eigenvalue weighted by molar-refractivity contribution is -0.133. The second kappa shape index (κ2) is 5.27. The summed E-state index contributed by atoms with van der Waals surface area (Å²) in [5.41, 5.74) is 5.86. The van der Waals surface area contributed by atoms with Gasteiger partial charge in [-0.15, -0.1) is 5.10 Å². The lowest BCUT2D eigenvalue weighted by Crippen LogP contribution is -2.43. The first kappa shape index (κ1) is 12.0. The molecule has 0 aromatic carbocycles. The highest BCUT2D eigenvalue weighted by Crippen LogP contribution is 2.21. The van der Waals surface area contributed by atoms with Crippen molar-refractivity contribution in [2.24, 2.45) is 5.73 Å². The van der Waals surface area contributed by atoms with E-state index in [0.717, 1.165) is 25.7 Å². The van der Waals surface area contributed by atoms with E-state index in [9.17, 15) is 4.79 Å². The molecule has 2 rings (SSSR count). The van der Waals surface area contributed by atoms with Gasteiger partial charge in [0.25, 0.3) is 0 Å². The Kier molecular flexibility index (Phi) is 3.73. The van der Waals surface area contributed by atoms with Crippen LogP contribution in [0.1, 0.15) is 25.7 Å². The third-order valence-corrected chi connectivity index (χ3v) is 3.45.